The van der Waals surface area contributed by atoms with E-state index < -0.39 is 0 Å². The molecule has 0 bridgehead atoms. The van der Waals surface area contributed by atoms with Crippen LogP contribution in [-0.2, 0) is 5.41 Å². The van der Waals surface area contributed by atoms with Crippen LogP contribution in [0.3, 0.4) is 0 Å². The summed E-state index contributed by atoms with van der Waals surface area (Å²) in [6, 6.07) is 63.6. The Bertz CT molecular complexity index is 2780. The molecule has 0 atom stereocenters. The number of fused-ring (bicyclic) bond motifs is 7. The minimum Gasteiger partial charge on any atom is -0.455 e. The van der Waals surface area contributed by atoms with E-state index in [0.717, 1.165) is 55.7 Å². The number of benzene rings is 8. The minimum absolute atomic E-state index is 0.0946. The summed E-state index contributed by atoms with van der Waals surface area (Å²) < 4.78 is 6.47. The highest BCUT2D eigenvalue weighted by molar-refractivity contribution is 6.10. The van der Waals surface area contributed by atoms with Crippen LogP contribution < -0.4 is 4.90 Å². The fraction of sp³-hybridized carbons (Fsp3) is 0.0612. The molecular formula is C49H35NO. The predicted octanol–water partition coefficient (Wildman–Crippen LogP) is 13.8. The van der Waals surface area contributed by atoms with Crippen LogP contribution in [-0.4, -0.2) is 0 Å². The van der Waals surface area contributed by atoms with Gasteiger partial charge in [-0.2, -0.15) is 0 Å². The van der Waals surface area contributed by atoms with Crippen molar-refractivity contribution >= 4 is 49.8 Å². The van der Waals surface area contributed by atoms with Crippen molar-refractivity contribution in [2.24, 2.45) is 0 Å². The van der Waals surface area contributed by atoms with Crippen LogP contribution in [0.1, 0.15) is 25.0 Å². The lowest BCUT2D eigenvalue weighted by atomic mass is 9.82. The van der Waals surface area contributed by atoms with Crippen molar-refractivity contribution in [3.05, 3.63) is 187 Å². The summed E-state index contributed by atoms with van der Waals surface area (Å²) in [5.41, 5.74) is 15.1. The molecule has 8 aromatic carbocycles. The van der Waals surface area contributed by atoms with Crippen molar-refractivity contribution in [1.29, 1.82) is 0 Å². The summed E-state index contributed by atoms with van der Waals surface area (Å²) >= 11 is 0. The predicted molar refractivity (Wildman–Crippen MR) is 214 cm³/mol. The first-order valence-electron chi connectivity index (χ1n) is 17.7. The third kappa shape index (κ3) is 4.57. The van der Waals surface area contributed by atoms with E-state index >= 15 is 0 Å². The Morgan fingerprint density at radius 1 is 0.431 bits per heavy atom. The van der Waals surface area contributed by atoms with E-state index in [4.69, 9.17) is 4.42 Å². The fourth-order valence-electron chi connectivity index (χ4n) is 8.38. The van der Waals surface area contributed by atoms with Gasteiger partial charge in [-0.1, -0.05) is 153 Å². The lowest BCUT2D eigenvalue weighted by Crippen LogP contribution is -2.16. The molecule has 0 aliphatic heterocycles. The molecule has 2 heteroatoms. The molecule has 0 radical (unpaired) electrons. The van der Waals surface area contributed by atoms with E-state index in [1.54, 1.807) is 0 Å². The first-order valence-corrected chi connectivity index (χ1v) is 17.7. The quantitative estimate of drug-likeness (QED) is 0.184. The second kappa shape index (κ2) is 11.3. The first-order chi connectivity index (χ1) is 25.1. The largest absolute Gasteiger partial charge is 0.455 e. The third-order valence-electron chi connectivity index (χ3n) is 10.9. The fourth-order valence-corrected chi connectivity index (χ4v) is 8.38. The van der Waals surface area contributed by atoms with Crippen molar-refractivity contribution < 1.29 is 4.42 Å². The summed E-state index contributed by atoms with van der Waals surface area (Å²) in [5, 5.41) is 4.72. The van der Waals surface area contributed by atoms with Gasteiger partial charge in [-0.05, 0) is 80.7 Å². The number of hydrogen-bond acceptors (Lipinski definition) is 2. The number of nitrogens with zero attached hydrogens (tertiary/aromatic N) is 1. The zero-order valence-corrected chi connectivity index (χ0v) is 28.6. The molecule has 0 unspecified atom stereocenters. The molecule has 2 nitrogen and oxygen atoms in total. The number of hydrogen-bond donors (Lipinski definition) is 0. The van der Waals surface area contributed by atoms with Gasteiger partial charge < -0.3 is 9.32 Å². The molecule has 242 valence electrons. The lowest BCUT2D eigenvalue weighted by Gasteiger charge is -2.29. The van der Waals surface area contributed by atoms with Crippen molar-refractivity contribution in [2.75, 3.05) is 4.90 Å². The highest BCUT2D eigenvalue weighted by atomic mass is 16.3. The number of para-hydroxylation sites is 2. The molecule has 51 heavy (non-hydrogen) atoms. The lowest BCUT2D eigenvalue weighted by molar-refractivity contribution is 0.660. The molecular weight excluding hydrogens is 619 g/mol. The highest BCUT2D eigenvalue weighted by Gasteiger charge is 2.35. The van der Waals surface area contributed by atoms with Gasteiger partial charge in [0, 0.05) is 38.5 Å². The molecule has 9 aromatic rings. The van der Waals surface area contributed by atoms with Crippen LogP contribution in [0.5, 0.6) is 0 Å². The second-order valence-corrected chi connectivity index (χ2v) is 14.1. The van der Waals surface area contributed by atoms with Crippen LogP contribution in [0.4, 0.5) is 17.1 Å². The minimum atomic E-state index is -0.0946. The van der Waals surface area contributed by atoms with Gasteiger partial charge in [-0.3, -0.25) is 0 Å². The molecule has 0 spiro atoms. The monoisotopic (exact) mass is 653 g/mol. The van der Waals surface area contributed by atoms with Gasteiger partial charge in [-0.15, -0.1) is 0 Å². The molecule has 1 aliphatic carbocycles. The molecule has 0 fully saturated rings. The van der Waals surface area contributed by atoms with Gasteiger partial charge in [0.05, 0.1) is 5.69 Å². The van der Waals surface area contributed by atoms with E-state index in [9.17, 15) is 0 Å². The van der Waals surface area contributed by atoms with Crippen molar-refractivity contribution in [3.8, 4) is 33.4 Å². The zero-order chi connectivity index (χ0) is 34.1. The maximum Gasteiger partial charge on any atom is 0.143 e. The van der Waals surface area contributed by atoms with Crippen LogP contribution in [0.25, 0.3) is 66.1 Å². The molecule has 10 rings (SSSR count). The standard InChI is InChI=1S/C49H35NO/c1-49(2)44-22-9-7-18-39(44)40-30-29-35(31-45(40)49)50(46-23-11-14-32-13-3-4-16-37(32)46)34-27-25-33(26-28-34)36-15-5-6-17-38(36)42-20-12-21-43-41-19-8-10-24-47(41)51-48(42)43/h3-31H,1-2H3. The van der Waals surface area contributed by atoms with Gasteiger partial charge in [-0.25, -0.2) is 0 Å². The topological polar surface area (TPSA) is 16.4 Å². The van der Waals surface area contributed by atoms with E-state index in [-0.39, 0.29) is 5.41 Å². The van der Waals surface area contributed by atoms with Crippen molar-refractivity contribution in [3.63, 3.8) is 0 Å². The molecule has 0 saturated heterocycles. The summed E-state index contributed by atoms with van der Waals surface area (Å²) in [4.78, 5) is 2.42. The number of anilines is 3. The smallest absolute Gasteiger partial charge is 0.143 e. The van der Waals surface area contributed by atoms with E-state index in [0.29, 0.717) is 0 Å². The average molecular weight is 654 g/mol. The molecule has 1 aliphatic rings. The van der Waals surface area contributed by atoms with Crippen LogP contribution in [0.15, 0.2) is 180 Å². The van der Waals surface area contributed by atoms with E-state index in [1.807, 2.05) is 12.1 Å². The highest BCUT2D eigenvalue weighted by Crippen LogP contribution is 2.51. The molecule has 1 aromatic heterocycles. The Morgan fingerprint density at radius 3 is 1.90 bits per heavy atom. The first kappa shape index (κ1) is 29.5. The Morgan fingerprint density at radius 2 is 1.04 bits per heavy atom. The Balaban J connectivity index is 1.12. The van der Waals surface area contributed by atoms with Crippen molar-refractivity contribution in [1.82, 2.24) is 0 Å². The van der Waals surface area contributed by atoms with Crippen molar-refractivity contribution in [2.45, 2.75) is 19.3 Å². The van der Waals surface area contributed by atoms with E-state index in [2.05, 4.69) is 183 Å². The maximum atomic E-state index is 6.47. The third-order valence-corrected chi connectivity index (χ3v) is 10.9. The molecule has 0 amide bonds. The van der Waals surface area contributed by atoms with Gasteiger partial charge in [0.2, 0.25) is 0 Å². The SMILES string of the molecule is CC1(C)c2ccccc2-c2ccc(N(c3ccc(-c4ccccc4-c4cccc5c4oc4ccccc45)cc3)c3cccc4ccccc34)cc21. The second-order valence-electron chi connectivity index (χ2n) is 14.1. The molecule has 0 saturated carbocycles. The normalized spacial score (nSPS) is 13.1. The summed E-state index contributed by atoms with van der Waals surface area (Å²) in [6.45, 7) is 4.70. The maximum absolute atomic E-state index is 6.47. The van der Waals surface area contributed by atoms with Gasteiger partial charge in [0.1, 0.15) is 11.2 Å². The summed E-state index contributed by atoms with van der Waals surface area (Å²) in [6.07, 6.45) is 0. The molecule has 1 heterocycles. The molecule has 0 N–H and O–H groups in total. The Hall–Kier alpha value is -6.38. The zero-order valence-electron chi connectivity index (χ0n) is 28.6. The van der Waals surface area contributed by atoms with Crippen LogP contribution in [0, 0.1) is 0 Å². The van der Waals surface area contributed by atoms with Crippen LogP contribution >= 0.6 is 0 Å². The van der Waals surface area contributed by atoms with Gasteiger partial charge >= 0.3 is 0 Å². The van der Waals surface area contributed by atoms with Gasteiger partial charge in [0.25, 0.3) is 0 Å². The summed E-state index contributed by atoms with van der Waals surface area (Å²) in [5.74, 6) is 0. The van der Waals surface area contributed by atoms with Crippen LogP contribution in [0.2, 0.25) is 0 Å². The Kier molecular flexibility index (Phi) is 6.56. The Labute approximate surface area is 297 Å². The van der Waals surface area contributed by atoms with Gasteiger partial charge in [0.15, 0.2) is 0 Å². The average Bonchev–Trinajstić information content (AvgIpc) is 3.67. The number of rotatable bonds is 5. The summed E-state index contributed by atoms with van der Waals surface area (Å²) in [7, 11) is 0. The van der Waals surface area contributed by atoms with E-state index in [1.165, 1.54) is 38.6 Å². The number of furan rings is 1.